The smallest absolute Gasteiger partial charge is 0.0575 e. The van der Waals surface area contributed by atoms with Gasteiger partial charge in [0.05, 0.1) is 6.10 Å². The fraction of sp³-hybridized carbons (Fsp3) is 1.00. The van der Waals surface area contributed by atoms with E-state index >= 15 is 0 Å². The Hall–Kier alpha value is -0.0400. The van der Waals surface area contributed by atoms with Crippen LogP contribution in [0.3, 0.4) is 0 Å². The number of hydrogen-bond donors (Lipinski definition) is 0. The Morgan fingerprint density at radius 2 is 1.25 bits per heavy atom. The minimum absolute atomic E-state index is 0.605. The summed E-state index contributed by atoms with van der Waals surface area (Å²) in [5.74, 6) is 0. The molecule has 0 saturated heterocycles. The Balaban J connectivity index is -0.000000245. The fourth-order valence-corrected chi connectivity index (χ4v) is 1.52. The lowest BCUT2D eigenvalue weighted by Gasteiger charge is -2.21. The van der Waals surface area contributed by atoms with E-state index in [-0.39, 0.29) is 0 Å². The molecule has 0 aromatic rings. The van der Waals surface area contributed by atoms with E-state index in [0.717, 1.165) is 13.0 Å². The van der Waals surface area contributed by atoms with Gasteiger partial charge in [-0.05, 0) is 19.3 Å². The van der Waals surface area contributed by atoms with Crippen LogP contribution in [0, 0.1) is 0 Å². The second-order valence-electron chi connectivity index (χ2n) is 3.13. The van der Waals surface area contributed by atoms with E-state index in [2.05, 4.69) is 6.92 Å². The summed E-state index contributed by atoms with van der Waals surface area (Å²) in [7, 11) is 0. The Morgan fingerprint density at radius 1 is 0.812 bits per heavy atom. The van der Waals surface area contributed by atoms with Gasteiger partial charge in [0.2, 0.25) is 0 Å². The number of rotatable bonds is 3. The molecule has 0 N–H and O–H groups in total. The van der Waals surface area contributed by atoms with Crippen LogP contribution in [0.4, 0.5) is 0 Å². The van der Waals surface area contributed by atoms with Crippen molar-refractivity contribution in [2.45, 2.75) is 93.1 Å². The summed E-state index contributed by atoms with van der Waals surface area (Å²) in [6.45, 7) is 15.1. The fourth-order valence-electron chi connectivity index (χ4n) is 1.52. The van der Waals surface area contributed by atoms with Gasteiger partial charge >= 0.3 is 0 Å². The molecule has 1 heteroatoms. The van der Waals surface area contributed by atoms with Crippen LogP contribution in [0.25, 0.3) is 0 Å². The molecule has 0 aromatic heterocycles. The maximum Gasteiger partial charge on any atom is 0.0575 e. The lowest BCUT2D eigenvalue weighted by atomic mass is 9.98. The molecule has 16 heavy (non-hydrogen) atoms. The Kier molecular flexibility index (Phi) is 32.3. The normalized spacial score (nSPS) is 14.4. The second-order valence-corrected chi connectivity index (χ2v) is 3.13. The largest absolute Gasteiger partial charge is 0.378 e. The zero-order chi connectivity index (χ0) is 13.2. The van der Waals surface area contributed by atoms with Crippen molar-refractivity contribution in [2.24, 2.45) is 0 Å². The minimum Gasteiger partial charge on any atom is -0.378 e. The van der Waals surface area contributed by atoms with Crippen molar-refractivity contribution in [1.82, 2.24) is 0 Å². The van der Waals surface area contributed by atoms with Gasteiger partial charge in [-0.3, -0.25) is 0 Å². The third kappa shape index (κ3) is 16.4. The summed E-state index contributed by atoms with van der Waals surface area (Å²) in [5.41, 5.74) is 0. The van der Waals surface area contributed by atoms with Gasteiger partial charge in [-0.1, -0.05) is 67.7 Å². The van der Waals surface area contributed by atoms with Crippen LogP contribution in [0.5, 0.6) is 0 Å². The zero-order valence-corrected chi connectivity index (χ0v) is 12.9. The molecule has 0 heterocycles. The second kappa shape index (κ2) is 24.3. The molecule has 0 aromatic carbocycles. The lowest BCUT2D eigenvalue weighted by molar-refractivity contribution is 0.0289. The highest BCUT2D eigenvalue weighted by Gasteiger charge is 2.12. The summed E-state index contributed by atoms with van der Waals surface area (Å²) in [6, 6.07) is 0. The van der Waals surface area contributed by atoms with Crippen LogP contribution in [-0.4, -0.2) is 12.7 Å². The number of ether oxygens (including phenoxy) is 1. The molecule has 1 rings (SSSR count). The van der Waals surface area contributed by atoms with E-state index in [1.165, 1.54) is 32.1 Å². The van der Waals surface area contributed by atoms with Gasteiger partial charge in [0.15, 0.2) is 0 Å². The summed E-state index contributed by atoms with van der Waals surface area (Å²) < 4.78 is 5.63. The maximum absolute atomic E-state index is 5.63. The first-order valence-electron chi connectivity index (χ1n) is 7.55. The minimum atomic E-state index is 0.605. The first-order chi connectivity index (χ1) is 7.93. The topological polar surface area (TPSA) is 9.23 Å². The first kappa shape index (κ1) is 21.3. The van der Waals surface area contributed by atoms with Gasteiger partial charge in [0.1, 0.15) is 0 Å². The van der Waals surface area contributed by atoms with Gasteiger partial charge in [0.25, 0.3) is 0 Å². The van der Waals surface area contributed by atoms with Crippen LogP contribution in [0.15, 0.2) is 0 Å². The summed E-state index contributed by atoms with van der Waals surface area (Å²) in [6.07, 6.45) is 8.57. The molecule has 1 aliphatic carbocycles. The molecule has 0 aliphatic heterocycles. The Labute approximate surface area is 105 Å². The molecule has 1 fully saturated rings. The highest BCUT2D eigenvalue weighted by Crippen LogP contribution is 2.20. The average Bonchev–Trinajstić information content (AvgIpc) is 2.44. The van der Waals surface area contributed by atoms with Crippen molar-refractivity contribution in [1.29, 1.82) is 0 Å². The SMILES string of the molecule is CC.CC.CC.CCCOC1CCCCC1. The van der Waals surface area contributed by atoms with Gasteiger partial charge in [0, 0.05) is 6.61 Å². The summed E-state index contributed by atoms with van der Waals surface area (Å²) in [4.78, 5) is 0. The maximum atomic E-state index is 5.63. The highest BCUT2D eigenvalue weighted by atomic mass is 16.5. The standard InChI is InChI=1S/C9H18O.3C2H6/c1-2-8-10-9-6-4-3-5-7-9;3*1-2/h9H,2-8H2,1H3;3*1-2H3. The van der Waals surface area contributed by atoms with Crippen LogP contribution in [-0.2, 0) is 4.74 Å². The molecule has 1 saturated carbocycles. The monoisotopic (exact) mass is 232 g/mol. The van der Waals surface area contributed by atoms with Gasteiger partial charge in [-0.15, -0.1) is 0 Å². The van der Waals surface area contributed by atoms with Crippen LogP contribution in [0.1, 0.15) is 87.0 Å². The quantitative estimate of drug-likeness (QED) is 0.595. The van der Waals surface area contributed by atoms with E-state index in [4.69, 9.17) is 4.74 Å². The predicted molar refractivity (Wildman–Crippen MR) is 77.2 cm³/mol. The molecule has 1 nitrogen and oxygen atoms in total. The van der Waals surface area contributed by atoms with Crippen molar-refractivity contribution >= 4 is 0 Å². The average molecular weight is 232 g/mol. The molecule has 1 aliphatic rings. The summed E-state index contributed by atoms with van der Waals surface area (Å²) in [5, 5.41) is 0. The molecule has 0 bridgehead atoms. The molecular weight excluding hydrogens is 196 g/mol. The van der Waals surface area contributed by atoms with E-state index in [1.54, 1.807) is 0 Å². The molecule has 0 amide bonds. The number of hydrogen-bond acceptors (Lipinski definition) is 1. The first-order valence-corrected chi connectivity index (χ1v) is 7.55. The highest BCUT2D eigenvalue weighted by molar-refractivity contribution is 4.64. The van der Waals surface area contributed by atoms with Crippen LogP contribution < -0.4 is 0 Å². The zero-order valence-electron chi connectivity index (χ0n) is 12.9. The Bertz CT molecular complexity index is 75.5. The van der Waals surface area contributed by atoms with Crippen molar-refractivity contribution in [3.63, 3.8) is 0 Å². The molecule has 102 valence electrons. The van der Waals surface area contributed by atoms with Crippen molar-refractivity contribution in [3.05, 3.63) is 0 Å². The van der Waals surface area contributed by atoms with E-state index < -0.39 is 0 Å². The molecular formula is C15H36O. The molecule has 0 atom stereocenters. The van der Waals surface area contributed by atoms with Crippen molar-refractivity contribution in [3.8, 4) is 0 Å². The van der Waals surface area contributed by atoms with Crippen LogP contribution in [0.2, 0.25) is 0 Å². The Morgan fingerprint density at radius 3 is 1.62 bits per heavy atom. The van der Waals surface area contributed by atoms with Crippen molar-refractivity contribution < 1.29 is 4.74 Å². The van der Waals surface area contributed by atoms with Crippen molar-refractivity contribution in [2.75, 3.05) is 6.61 Å². The summed E-state index contributed by atoms with van der Waals surface area (Å²) >= 11 is 0. The van der Waals surface area contributed by atoms with E-state index in [0.29, 0.717) is 6.10 Å². The van der Waals surface area contributed by atoms with Gasteiger partial charge in [-0.25, -0.2) is 0 Å². The van der Waals surface area contributed by atoms with Gasteiger partial charge < -0.3 is 4.74 Å². The lowest BCUT2D eigenvalue weighted by Crippen LogP contribution is -2.16. The van der Waals surface area contributed by atoms with E-state index in [9.17, 15) is 0 Å². The van der Waals surface area contributed by atoms with Crippen LogP contribution >= 0.6 is 0 Å². The van der Waals surface area contributed by atoms with E-state index in [1.807, 2.05) is 41.5 Å². The van der Waals surface area contributed by atoms with Gasteiger partial charge in [-0.2, -0.15) is 0 Å². The molecule has 0 radical (unpaired) electrons. The third-order valence-electron chi connectivity index (χ3n) is 2.11. The molecule has 0 spiro atoms. The predicted octanol–water partition coefficient (Wildman–Crippen LogP) is 5.82. The third-order valence-corrected chi connectivity index (χ3v) is 2.11. The molecule has 0 unspecified atom stereocenters.